The van der Waals surface area contributed by atoms with Crippen LogP contribution in [0.2, 0.25) is 0 Å². The first kappa shape index (κ1) is 11.2. The Morgan fingerprint density at radius 3 is 2.08 bits per heavy atom. The van der Waals surface area contributed by atoms with Crippen molar-refractivity contribution in [3.63, 3.8) is 0 Å². The number of hydrogen-bond acceptors (Lipinski definition) is 1. The number of aromatic nitrogens is 2. The Labute approximate surface area is 76.9 Å². The third-order valence-electron chi connectivity index (χ3n) is 1.70. The summed E-state index contributed by atoms with van der Waals surface area (Å²) in [5.74, 6) is 1.11. The van der Waals surface area contributed by atoms with E-state index in [9.17, 15) is 0 Å². The van der Waals surface area contributed by atoms with Crippen LogP contribution in [-0.2, 0) is 12.8 Å². The Morgan fingerprint density at radius 1 is 1.25 bits per heavy atom. The van der Waals surface area contributed by atoms with Crippen molar-refractivity contribution in [2.75, 3.05) is 0 Å². The molecule has 0 aliphatic carbocycles. The van der Waals surface area contributed by atoms with E-state index in [1.165, 1.54) is 11.4 Å². The van der Waals surface area contributed by atoms with Gasteiger partial charge in [0.2, 0.25) is 0 Å². The number of rotatable bonds is 2. The fourth-order valence-corrected chi connectivity index (χ4v) is 1.07. The molecule has 1 N–H and O–H groups in total. The highest BCUT2D eigenvalue weighted by molar-refractivity contribution is 5.12. The third kappa shape index (κ3) is 2.68. The van der Waals surface area contributed by atoms with Crippen LogP contribution in [0, 0.1) is 6.92 Å². The van der Waals surface area contributed by atoms with E-state index >= 15 is 0 Å². The van der Waals surface area contributed by atoms with Gasteiger partial charge in [0, 0.05) is 13.5 Å². The first-order valence-corrected chi connectivity index (χ1v) is 4.82. The smallest absolute Gasteiger partial charge is 0.106 e. The molecule has 0 unspecified atom stereocenters. The van der Waals surface area contributed by atoms with Gasteiger partial charge in [-0.15, -0.1) is 0 Å². The molecule has 1 heterocycles. The highest BCUT2D eigenvalue weighted by Gasteiger charge is 2.00. The normalized spacial score (nSPS) is 9.08. The fraction of sp³-hybridized carbons (Fsp3) is 0.700. The van der Waals surface area contributed by atoms with Gasteiger partial charge in [-0.3, -0.25) is 0 Å². The van der Waals surface area contributed by atoms with Crippen LogP contribution in [0.25, 0.3) is 0 Å². The number of nitrogens with zero attached hydrogens (tertiary/aromatic N) is 1. The topological polar surface area (TPSA) is 28.7 Å². The Kier molecular flexibility index (Phi) is 5.43. The largest absolute Gasteiger partial charge is 0.346 e. The maximum Gasteiger partial charge on any atom is 0.106 e. The van der Waals surface area contributed by atoms with Crippen LogP contribution >= 0.6 is 0 Å². The molecule has 0 aromatic carbocycles. The van der Waals surface area contributed by atoms with E-state index in [-0.39, 0.29) is 1.43 Å². The second-order valence-electron chi connectivity index (χ2n) is 2.46. The van der Waals surface area contributed by atoms with Crippen molar-refractivity contribution in [2.24, 2.45) is 0 Å². The number of nitrogens with one attached hydrogen (secondary N) is 1. The SMILES string of the molecule is CC.CCc1nc(CC)c(C)[nH]1.[HH]. The van der Waals surface area contributed by atoms with Crippen LogP contribution in [0.15, 0.2) is 0 Å². The van der Waals surface area contributed by atoms with Crippen LogP contribution in [-0.4, -0.2) is 9.97 Å². The van der Waals surface area contributed by atoms with Crippen LogP contribution in [0.4, 0.5) is 0 Å². The summed E-state index contributed by atoms with van der Waals surface area (Å²) in [7, 11) is 0. The molecule has 0 fully saturated rings. The fourth-order valence-electron chi connectivity index (χ4n) is 1.07. The molecule has 0 bridgehead atoms. The van der Waals surface area contributed by atoms with Crippen molar-refractivity contribution in [1.82, 2.24) is 9.97 Å². The molecule has 0 spiro atoms. The Morgan fingerprint density at radius 2 is 1.83 bits per heavy atom. The molecule has 1 aromatic rings. The average Bonchev–Trinajstić information content (AvgIpc) is 2.49. The molecule has 1 aromatic heterocycles. The lowest BCUT2D eigenvalue weighted by atomic mass is 10.3. The highest BCUT2D eigenvalue weighted by atomic mass is 14.9. The minimum Gasteiger partial charge on any atom is -0.346 e. The lowest BCUT2D eigenvalue weighted by molar-refractivity contribution is 0.962. The quantitative estimate of drug-likeness (QED) is 0.726. The summed E-state index contributed by atoms with van der Waals surface area (Å²) in [4.78, 5) is 7.63. The van der Waals surface area contributed by atoms with Gasteiger partial charge in [-0.05, 0) is 13.3 Å². The molecule has 1 rings (SSSR count). The van der Waals surface area contributed by atoms with Gasteiger partial charge in [0.25, 0.3) is 0 Å². The summed E-state index contributed by atoms with van der Waals surface area (Å²) in [5.41, 5.74) is 2.43. The molecular weight excluding hydrogens is 148 g/mol. The molecule has 2 heteroatoms. The van der Waals surface area contributed by atoms with Crippen molar-refractivity contribution < 1.29 is 1.43 Å². The van der Waals surface area contributed by atoms with Gasteiger partial charge < -0.3 is 4.98 Å². The summed E-state index contributed by atoms with van der Waals surface area (Å²) in [6.45, 7) is 10.3. The number of aryl methyl sites for hydroxylation is 3. The zero-order valence-electron chi connectivity index (χ0n) is 8.86. The second-order valence-corrected chi connectivity index (χ2v) is 2.46. The van der Waals surface area contributed by atoms with Crippen LogP contribution in [0.3, 0.4) is 0 Å². The summed E-state index contributed by atoms with van der Waals surface area (Å²) >= 11 is 0. The molecule has 0 atom stereocenters. The second kappa shape index (κ2) is 5.81. The van der Waals surface area contributed by atoms with Gasteiger partial charge >= 0.3 is 0 Å². The summed E-state index contributed by atoms with van der Waals surface area (Å²) in [5, 5.41) is 0. The van der Waals surface area contributed by atoms with Crippen molar-refractivity contribution in [3.8, 4) is 0 Å². The molecular formula is C10H22N2. The molecule has 72 valence electrons. The molecule has 0 saturated heterocycles. The molecule has 0 aliphatic heterocycles. The molecule has 0 saturated carbocycles. The van der Waals surface area contributed by atoms with E-state index < -0.39 is 0 Å². The Balaban J connectivity index is 0. The number of hydrogen-bond donors (Lipinski definition) is 1. The zero-order valence-corrected chi connectivity index (χ0v) is 8.86. The van der Waals surface area contributed by atoms with Crippen LogP contribution in [0.5, 0.6) is 0 Å². The van der Waals surface area contributed by atoms with Crippen molar-refractivity contribution in [1.29, 1.82) is 0 Å². The Bertz CT molecular complexity index is 219. The Hall–Kier alpha value is -0.790. The molecule has 0 amide bonds. The molecule has 12 heavy (non-hydrogen) atoms. The van der Waals surface area contributed by atoms with Gasteiger partial charge in [0.1, 0.15) is 5.82 Å². The van der Waals surface area contributed by atoms with Gasteiger partial charge in [0.15, 0.2) is 0 Å². The number of H-pyrrole nitrogens is 1. The maximum absolute atomic E-state index is 4.39. The van der Waals surface area contributed by atoms with E-state index in [1.54, 1.807) is 0 Å². The standard InChI is InChI=1S/C8H14N2.C2H6.H2/c1-4-7-6(3)9-8(5-2)10-7;1-2;/h4-5H2,1-3H3,(H,9,10);1-2H3;1H. The van der Waals surface area contributed by atoms with Crippen LogP contribution < -0.4 is 0 Å². The number of aromatic amines is 1. The van der Waals surface area contributed by atoms with E-state index in [1.807, 2.05) is 13.8 Å². The predicted octanol–water partition coefficient (Wildman–Crippen LogP) is 3.12. The predicted molar refractivity (Wildman–Crippen MR) is 55.5 cm³/mol. The van der Waals surface area contributed by atoms with Gasteiger partial charge in [-0.1, -0.05) is 27.7 Å². The average molecular weight is 170 g/mol. The summed E-state index contributed by atoms with van der Waals surface area (Å²) < 4.78 is 0. The third-order valence-corrected chi connectivity index (χ3v) is 1.70. The van der Waals surface area contributed by atoms with E-state index in [0.717, 1.165) is 18.7 Å². The van der Waals surface area contributed by atoms with E-state index in [2.05, 4.69) is 30.7 Å². The monoisotopic (exact) mass is 170 g/mol. The van der Waals surface area contributed by atoms with Crippen molar-refractivity contribution in [3.05, 3.63) is 17.2 Å². The highest BCUT2D eigenvalue weighted by Crippen LogP contribution is 2.05. The summed E-state index contributed by atoms with van der Waals surface area (Å²) in [6, 6.07) is 0. The molecule has 2 nitrogen and oxygen atoms in total. The lowest BCUT2D eigenvalue weighted by Gasteiger charge is -1.86. The van der Waals surface area contributed by atoms with Crippen molar-refractivity contribution >= 4 is 0 Å². The van der Waals surface area contributed by atoms with Crippen LogP contribution in [0.1, 0.15) is 46.3 Å². The minimum absolute atomic E-state index is 0. The first-order valence-electron chi connectivity index (χ1n) is 4.82. The van der Waals surface area contributed by atoms with Gasteiger partial charge in [-0.2, -0.15) is 0 Å². The van der Waals surface area contributed by atoms with E-state index in [4.69, 9.17) is 0 Å². The van der Waals surface area contributed by atoms with Gasteiger partial charge in [0.05, 0.1) is 5.69 Å². The lowest BCUT2D eigenvalue weighted by Crippen LogP contribution is -1.83. The first-order chi connectivity index (χ1) is 5.77. The molecule has 0 aliphatic rings. The minimum atomic E-state index is 0. The number of imidazole rings is 1. The summed E-state index contributed by atoms with van der Waals surface area (Å²) in [6.07, 6.45) is 2.03. The van der Waals surface area contributed by atoms with Crippen molar-refractivity contribution in [2.45, 2.75) is 47.5 Å². The van der Waals surface area contributed by atoms with E-state index in [0.29, 0.717) is 0 Å². The zero-order chi connectivity index (χ0) is 9.56. The maximum atomic E-state index is 4.39. The molecule has 0 radical (unpaired) electrons. The van der Waals surface area contributed by atoms with Gasteiger partial charge in [-0.25, -0.2) is 4.98 Å².